The third kappa shape index (κ3) is 1.42. The third-order valence-electron chi connectivity index (χ3n) is 4.19. The summed E-state index contributed by atoms with van der Waals surface area (Å²) in [7, 11) is 1.71. The van der Waals surface area contributed by atoms with Crippen molar-refractivity contribution in [2.24, 2.45) is 0 Å². The minimum atomic E-state index is -0.697. The first-order valence-corrected chi connectivity index (χ1v) is 6.03. The Kier molecular flexibility index (Phi) is 2.11. The molecule has 2 fully saturated rings. The van der Waals surface area contributed by atoms with Gasteiger partial charge in [-0.1, -0.05) is 24.3 Å². The third-order valence-corrected chi connectivity index (χ3v) is 4.19. The van der Waals surface area contributed by atoms with E-state index in [4.69, 9.17) is 4.74 Å². The van der Waals surface area contributed by atoms with E-state index in [-0.39, 0.29) is 5.60 Å². The predicted octanol–water partition coefficient (Wildman–Crippen LogP) is 2.44. The van der Waals surface area contributed by atoms with Crippen molar-refractivity contribution in [3.8, 4) is 0 Å². The maximum absolute atomic E-state index is 11.4. The van der Waals surface area contributed by atoms with Gasteiger partial charge < -0.3 is 9.84 Å². The lowest BCUT2D eigenvalue weighted by molar-refractivity contribution is -0.140. The topological polar surface area (TPSA) is 46.5 Å². The molecule has 0 aliphatic heterocycles. The zero-order valence-electron chi connectivity index (χ0n) is 9.90. The molecule has 3 nitrogen and oxygen atoms in total. The fourth-order valence-electron chi connectivity index (χ4n) is 2.72. The Balaban J connectivity index is 2.09. The van der Waals surface area contributed by atoms with E-state index in [2.05, 4.69) is 0 Å². The average Bonchev–Trinajstić information content (AvgIpc) is 3.23. The monoisotopic (exact) mass is 232 g/mol. The van der Waals surface area contributed by atoms with E-state index < -0.39 is 11.4 Å². The van der Waals surface area contributed by atoms with Crippen molar-refractivity contribution >= 4 is 5.97 Å². The number of carbonyl (C=O) groups is 1. The Hall–Kier alpha value is -1.35. The number of aliphatic carboxylic acids is 1. The second-order valence-corrected chi connectivity index (χ2v) is 5.13. The molecule has 0 saturated heterocycles. The van der Waals surface area contributed by atoms with Gasteiger partial charge in [0.2, 0.25) is 0 Å². The number of hydrogen-bond acceptors (Lipinski definition) is 2. The summed E-state index contributed by atoms with van der Waals surface area (Å²) in [6.07, 6.45) is 3.49. The van der Waals surface area contributed by atoms with E-state index >= 15 is 0 Å². The van der Waals surface area contributed by atoms with E-state index in [0.29, 0.717) is 0 Å². The summed E-state index contributed by atoms with van der Waals surface area (Å²) in [5, 5.41) is 9.40. The quantitative estimate of drug-likeness (QED) is 0.867. The first-order chi connectivity index (χ1) is 8.15. The normalized spacial score (nSPS) is 23.1. The van der Waals surface area contributed by atoms with Gasteiger partial charge in [-0.3, -0.25) is 4.79 Å². The van der Waals surface area contributed by atoms with Crippen molar-refractivity contribution in [1.82, 2.24) is 0 Å². The number of benzene rings is 1. The van der Waals surface area contributed by atoms with Crippen LogP contribution in [-0.2, 0) is 20.5 Å². The van der Waals surface area contributed by atoms with E-state index in [1.807, 2.05) is 24.3 Å². The molecule has 0 heterocycles. The molecule has 2 aliphatic carbocycles. The second kappa shape index (κ2) is 3.33. The Morgan fingerprint density at radius 2 is 1.76 bits per heavy atom. The molecular weight excluding hydrogens is 216 g/mol. The van der Waals surface area contributed by atoms with Crippen molar-refractivity contribution < 1.29 is 14.6 Å². The van der Waals surface area contributed by atoms with Crippen molar-refractivity contribution in [3.05, 3.63) is 35.4 Å². The molecule has 1 aromatic rings. The number of carboxylic acids is 1. The van der Waals surface area contributed by atoms with Crippen LogP contribution in [0.25, 0.3) is 0 Å². The molecule has 3 heteroatoms. The molecule has 1 N–H and O–H groups in total. The largest absolute Gasteiger partial charge is 0.481 e. The Morgan fingerprint density at radius 3 is 2.18 bits per heavy atom. The summed E-state index contributed by atoms with van der Waals surface area (Å²) >= 11 is 0. The standard InChI is InChI=1S/C14H16O3/c1-17-14(8-9-14)11-5-3-2-4-10(11)13(6-7-13)12(15)16/h2-5H,6-9H2,1H3,(H,15,16). The van der Waals surface area contributed by atoms with Gasteiger partial charge in [-0.2, -0.15) is 0 Å². The van der Waals surface area contributed by atoms with Gasteiger partial charge in [0.05, 0.1) is 11.0 Å². The van der Waals surface area contributed by atoms with Crippen molar-refractivity contribution in [1.29, 1.82) is 0 Å². The van der Waals surface area contributed by atoms with E-state index in [1.54, 1.807) is 7.11 Å². The van der Waals surface area contributed by atoms with Gasteiger partial charge in [0.1, 0.15) is 0 Å². The zero-order chi connectivity index (χ0) is 12.1. The number of carboxylic acid groups (broad SMARTS) is 1. The average molecular weight is 232 g/mol. The minimum absolute atomic E-state index is 0.207. The smallest absolute Gasteiger partial charge is 0.314 e. The van der Waals surface area contributed by atoms with Crippen LogP contribution in [0.1, 0.15) is 36.8 Å². The summed E-state index contributed by atoms with van der Waals surface area (Å²) < 4.78 is 5.59. The highest BCUT2D eigenvalue weighted by atomic mass is 16.5. The molecule has 17 heavy (non-hydrogen) atoms. The highest BCUT2D eigenvalue weighted by Gasteiger charge is 2.56. The Bertz CT molecular complexity index is 470. The summed E-state index contributed by atoms with van der Waals surface area (Å²) in [5.41, 5.74) is 1.21. The highest BCUT2D eigenvalue weighted by Crippen LogP contribution is 2.56. The van der Waals surface area contributed by atoms with Crippen molar-refractivity contribution in [3.63, 3.8) is 0 Å². The number of hydrogen-bond donors (Lipinski definition) is 1. The lowest BCUT2D eigenvalue weighted by atomic mass is 9.88. The summed E-state index contributed by atoms with van der Waals surface area (Å²) in [6, 6.07) is 7.87. The van der Waals surface area contributed by atoms with Crippen LogP contribution in [0, 0.1) is 0 Å². The molecule has 3 rings (SSSR count). The Labute approximate surface area is 100 Å². The minimum Gasteiger partial charge on any atom is -0.481 e. The van der Waals surface area contributed by atoms with E-state index in [9.17, 15) is 9.90 Å². The number of ether oxygens (including phenoxy) is 1. The molecule has 90 valence electrons. The predicted molar refractivity (Wildman–Crippen MR) is 62.9 cm³/mol. The van der Waals surface area contributed by atoms with Gasteiger partial charge in [0.15, 0.2) is 0 Å². The maximum atomic E-state index is 11.4. The zero-order valence-corrected chi connectivity index (χ0v) is 9.90. The van der Waals surface area contributed by atoms with Crippen LogP contribution >= 0.6 is 0 Å². The second-order valence-electron chi connectivity index (χ2n) is 5.13. The van der Waals surface area contributed by atoms with Crippen LogP contribution in [0.2, 0.25) is 0 Å². The molecule has 0 bridgehead atoms. The van der Waals surface area contributed by atoms with Gasteiger partial charge in [-0.25, -0.2) is 0 Å². The molecule has 0 amide bonds. The summed E-state index contributed by atoms with van der Waals surface area (Å²) in [4.78, 5) is 11.4. The van der Waals surface area contributed by atoms with Crippen molar-refractivity contribution in [2.75, 3.05) is 7.11 Å². The molecule has 2 aliphatic rings. The maximum Gasteiger partial charge on any atom is 0.314 e. The van der Waals surface area contributed by atoms with Crippen molar-refractivity contribution in [2.45, 2.75) is 36.7 Å². The van der Waals surface area contributed by atoms with Crippen LogP contribution in [0.5, 0.6) is 0 Å². The molecule has 1 aromatic carbocycles. The molecule has 0 spiro atoms. The molecule has 2 saturated carbocycles. The first kappa shape index (κ1) is 10.8. The van der Waals surface area contributed by atoms with Crippen LogP contribution < -0.4 is 0 Å². The molecule has 0 aromatic heterocycles. The molecular formula is C14H16O3. The van der Waals surface area contributed by atoms with Crippen LogP contribution in [0.15, 0.2) is 24.3 Å². The van der Waals surface area contributed by atoms with Crippen LogP contribution in [0.4, 0.5) is 0 Å². The van der Waals surface area contributed by atoms with E-state index in [0.717, 1.165) is 36.8 Å². The summed E-state index contributed by atoms with van der Waals surface area (Å²) in [5.74, 6) is -0.697. The number of methoxy groups -OCH3 is 1. The SMILES string of the molecule is COC1(c2ccccc2C2(C(=O)O)CC2)CC1. The lowest BCUT2D eigenvalue weighted by Crippen LogP contribution is -2.24. The van der Waals surface area contributed by atoms with Gasteiger partial charge >= 0.3 is 5.97 Å². The molecule has 0 atom stereocenters. The van der Waals surface area contributed by atoms with Gasteiger partial charge in [0.25, 0.3) is 0 Å². The first-order valence-electron chi connectivity index (χ1n) is 6.03. The van der Waals surface area contributed by atoms with Gasteiger partial charge in [0, 0.05) is 7.11 Å². The lowest BCUT2D eigenvalue weighted by Gasteiger charge is -2.21. The fourth-order valence-corrected chi connectivity index (χ4v) is 2.72. The number of rotatable bonds is 4. The van der Waals surface area contributed by atoms with E-state index in [1.165, 1.54) is 0 Å². The van der Waals surface area contributed by atoms with Gasteiger partial charge in [-0.05, 0) is 36.8 Å². The Morgan fingerprint density at radius 1 is 1.18 bits per heavy atom. The highest BCUT2D eigenvalue weighted by molar-refractivity contribution is 5.85. The fraction of sp³-hybridized carbons (Fsp3) is 0.500. The summed E-state index contributed by atoms with van der Waals surface area (Å²) in [6.45, 7) is 0. The van der Waals surface area contributed by atoms with Crippen LogP contribution in [0.3, 0.4) is 0 Å². The molecule has 0 unspecified atom stereocenters. The van der Waals surface area contributed by atoms with Gasteiger partial charge in [-0.15, -0.1) is 0 Å². The molecule has 0 radical (unpaired) electrons. The van der Waals surface area contributed by atoms with Crippen LogP contribution in [-0.4, -0.2) is 18.2 Å².